The Morgan fingerprint density at radius 1 is 1.38 bits per heavy atom. The number of unbranched alkanes of at least 4 members (excludes halogenated alkanes) is 1. The molecule has 0 radical (unpaired) electrons. The van der Waals surface area contributed by atoms with Crippen molar-refractivity contribution in [1.82, 2.24) is 0 Å². The Bertz CT molecular complexity index is 397. The zero-order valence-electron chi connectivity index (χ0n) is 9.51. The highest BCUT2D eigenvalue weighted by Crippen LogP contribution is 2.40. The summed E-state index contributed by atoms with van der Waals surface area (Å²) < 4.78 is 15.5. The van der Waals surface area contributed by atoms with Gasteiger partial charge >= 0.3 is 7.82 Å². The van der Waals surface area contributed by atoms with Gasteiger partial charge in [-0.3, -0.25) is 9.79 Å². The van der Waals surface area contributed by atoms with Crippen LogP contribution in [0.3, 0.4) is 0 Å². The van der Waals surface area contributed by atoms with E-state index in [1.165, 1.54) is 0 Å². The average Bonchev–Trinajstić information content (AvgIpc) is 2.14. The molecule has 0 aromatic heterocycles. The number of aryl methyl sites for hydroxylation is 1. The molecule has 0 aliphatic rings. The minimum Gasteiger partial charge on any atom is -0.404 e. The van der Waals surface area contributed by atoms with Gasteiger partial charge in [-0.05, 0) is 37.0 Å². The highest BCUT2D eigenvalue weighted by molar-refractivity contribution is 7.46. The molecular formula is C11H17O4P. The second kappa shape index (κ2) is 5.48. The minimum atomic E-state index is -4.47. The molecule has 2 N–H and O–H groups in total. The first-order valence-electron chi connectivity index (χ1n) is 5.27. The summed E-state index contributed by atoms with van der Waals surface area (Å²) in [7, 11) is -4.47. The van der Waals surface area contributed by atoms with Gasteiger partial charge in [-0.2, -0.15) is 0 Å². The molecule has 0 saturated carbocycles. The van der Waals surface area contributed by atoms with Gasteiger partial charge in [-0.15, -0.1) is 0 Å². The van der Waals surface area contributed by atoms with Crippen LogP contribution in [0.15, 0.2) is 18.2 Å². The van der Waals surface area contributed by atoms with Crippen LogP contribution < -0.4 is 4.52 Å². The van der Waals surface area contributed by atoms with Crippen LogP contribution in [0.4, 0.5) is 0 Å². The Labute approximate surface area is 95.5 Å². The van der Waals surface area contributed by atoms with Gasteiger partial charge in [0.2, 0.25) is 0 Å². The summed E-state index contributed by atoms with van der Waals surface area (Å²) in [4.78, 5) is 17.6. The van der Waals surface area contributed by atoms with Gasteiger partial charge in [0, 0.05) is 0 Å². The number of phosphoric ester groups is 1. The van der Waals surface area contributed by atoms with Crippen LogP contribution in [-0.4, -0.2) is 9.79 Å². The number of benzene rings is 1. The van der Waals surface area contributed by atoms with Crippen LogP contribution in [0.5, 0.6) is 5.75 Å². The topological polar surface area (TPSA) is 66.8 Å². The lowest BCUT2D eigenvalue weighted by Gasteiger charge is -2.13. The fourth-order valence-electron chi connectivity index (χ4n) is 1.56. The number of hydrogen-bond donors (Lipinski definition) is 2. The number of phosphoric acid groups is 1. The summed E-state index contributed by atoms with van der Waals surface area (Å²) in [5.74, 6) is 0.293. The van der Waals surface area contributed by atoms with Crippen molar-refractivity contribution in [3.05, 3.63) is 29.3 Å². The molecule has 90 valence electrons. The van der Waals surface area contributed by atoms with Crippen molar-refractivity contribution in [3.8, 4) is 5.75 Å². The Morgan fingerprint density at radius 3 is 2.62 bits per heavy atom. The van der Waals surface area contributed by atoms with Gasteiger partial charge in [-0.1, -0.05) is 25.5 Å². The second-order valence-electron chi connectivity index (χ2n) is 3.74. The lowest BCUT2D eigenvalue weighted by molar-refractivity contribution is 0.282. The van der Waals surface area contributed by atoms with Crippen LogP contribution in [-0.2, 0) is 11.0 Å². The molecule has 4 nitrogen and oxygen atoms in total. The summed E-state index contributed by atoms with van der Waals surface area (Å²) >= 11 is 0. The first kappa shape index (κ1) is 13.2. The fraction of sp³-hybridized carbons (Fsp3) is 0.455. The Hall–Kier alpha value is -0.830. The van der Waals surface area contributed by atoms with Gasteiger partial charge in [0.05, 0.1) is 0 Å². The Morgan fingerprint density at radius 2 is 2.06 bits per heavy atom. The lowest BCUT2D eigenvalue weighted by atomic mass is 10.0. The maximum Gasteiger partial charge on any atom is 0.524 e. The van der Waals surface area contributed by atoms with Crippen molar-refractivity contribution in [1.29, 1.82) is 0 Å². The quantitative estimate of drug-likeness (QED) is 0.781. The molecule has 0 heterocycles. The van der Waals surface area contributed by atoms with E-state index in [0.717, 1.165) is 30.4 Å². The third kappa shape index (κ3) is 3.97. The van der Waals surface area contributed by atoms with E-state index in [2.05, 4.69) is 11.4 Å². The fourth-order valence-corrected chi connectivity index (χ4v) is 1.99. The van der Waals surface area contributed by atoms with Crippen molar-refractivity contribution in [3.63, 3.8) is 0 Å². The molecule has 1 rings (SSSR count). The second-order valence-corrected chi connectivity index (χ2v) is 4.90. The largest absolute Gasteiger partial charge is 0.524 e. The molecule has 5 heteroatoms. The monoisotopic (exact) mass is 244 g/mol. The first-order valence-corrected chi connectivity index (χ1v) is 6.80. The number of rotatable bonds is 5. The highest BCUT2D eigenvalue weighted by Gasteiger charge is 2.18. The molecule has 0 aliphatic heterocycles. The predicted molar refractivity (Wildman–Crippen MR) is 62.5 cm³/mol. The van der Waals surface area contributed by atoms with Crippen molar-refractivity contribution in [2.45, 2.75) is 33.1 Å². The SMILES string of the molecule is CCCCc1c(C)cccc1OP(=O)(O)O. The third-order valence-electron chi connectivity index (χ3n) is 2.36. The van der Waals surface area contributed by atoms with E-state index in [9.17, 15) is 4.57 Å². The van der Waals surface area contributed by atoms with E-state index >= 15 is 0 Å². The summed E-state index contributed by atoms with van der Waals surface area (Å²) in [6.45, 7) is 3.99. The van der Waals surface area contributed by atoms with E-state index in [-0.39, 0.29) is 0 Å². The molecule has 0 amide bonds. The van der Waals surface area contributed by atoms with Crippen LogP contribution in [0.25, 0.3) is 0 Å². The summed E-state index contributed by atoms with van der Waals surface area (Å²) in [6.07, 6.45) is 2.78. The molecule has 0 bridgehead atoms. The van der Waals surface area contributed by atoms with Gasteiger partial charge in [-0.25, -0.2) is 4.57 Å². The molecule has 16 heavy (non-hydrogen) atoms. The Kier molecular flexibility index (Phi) is 4.54. The Balaban J connectivity index is 2.98. The van der Waals surface area contributed by atoms with Crippen molar-refractivity contribution in [2.24, 2.45) is 0 Å². The maximum atomic E-state index is 10.8. The smallest absolute Gasteiger partial charge is 0.404 e. The standard InChI is InChI=1S/C11H17O4P/c1-3-4-7-10-9(2)6-5-8-11(10)15-16(12,13)14/h5-6,8H,3-4,7H2,1-2H3,(H2,12,13,14). The maximum absolute atomic E-state index is 10.8. The predicted octanol–water partition coefficient (Wildman–Crippen LogP) is 2.81. The van der Waals surface area contributed by atoms with Crippen LogP contribution >= 0.6 is 7.82 Å². The average molecular weight is 244 g/mol. The molecule has 1 aromatic rings. The molecular weight excluding hydrogens is 227 g/mol. The van der Waals surface area contributed by atoms with Crippen LogP contribution in [0.1, 0.15) is 30.9 Å². The van der Waals surface area contributed by atoms with Crippen molar-refractivity contribution in [2.75, 3.05) is 0 Å². The molecule has 0 atom stereocenters. The molecule has 0 unspecified atom stereocenters. The highest BCUT2D eigenvalue weighted by atomic mass is 31.2. The molecule has 0 spiro atoms. The minimum absolute atomic E-state index is 0.293. The van der Waals surface area contributed by atoms with Gasteiger partial charge in [0.15, 0.2) is 0 Å². The first-order chi connectivity index (χ1) is 7.44. The van der Waals surface area contributed by atoms with E-state index in [4.69, 9.17) is 9.79 Å². The van der Waals surface area contributed by atoms with E-state index in [1.54, 1.807) is 12.1 Å². The van der Waals surface area contributed by atoms with Crippen LogP contribution in [0.2, 0.25) is 0 Å². The van der Waals surface area contributed by atoms with Gasteiger partial charge < -0.3 is 4.52 Å². The van der Waals surface area contributed by atoms with E-state index in [0.29, 0.717) is 5.75 Å². The van der Waals surface area contributed by atoms with Crippen LogP contribution in [0, 0.1) is 6.92 Å². The molecule has 1 aromatic carbocycles. The zero-order chi connectivity index (χ0) is 12.2. The van der Waals surface area contributed by atoms with Crippen molar-refractivity contribution < 1.29 is 18.9 Å². The van der Waals surface area contributed by atoms with Gasteiger partial charge in [0.25, 0.3) is 0 Å². The van der Waals surface area contributed by atoms with E-state index in [1.807, 2.05) is 13.0 Å². The molecule has 0 saturated heterocycles. The number of hydrogen-bond acceptors (Lipinski definition) is 2. The summed E-state index contributed by atoms with van der Waals surface area (Å²) in [5, 5.41) is 0. The molecule has 0 fully saturated rings. The summed E-state index contributed by atoms with van der Waals surface area (Å²) in [6, 6.07) is 5.24. The van der Waals surface area contributed by atoms with Crippen molar-refractivity contribution >= 4 is 7.82 Å². The van der Waals surface area contributed by atoms with Gasteiger partial charge in [0.1, 0.15) is 5.75 Å². The molecule has 0 aliphatic carbocycles. The zero-order valence-corrected chi connectivity index (χ0v) is 10.4. The third-order valence-corrected chi connectivity index (χ3v) is 2.80. The normalized spacial score (nSPS) is 11.5. The summed E-state index contributed by atoms with van der Waals surface area (Å²) in [5.41, 5.74) is 1.88. The lowest BCUT2D eigenvalue weighted by Crippen LogP contribution is -1.97. The van der Waals surface area contributed by atoms with E-state index < -0.39 is 7.82 Å².